The molecule has 1 heterocycles. The van der Waals surface area contributed by atoms with Gasteiger partial charge in [-0.15, -0.1) is 0 Å². The van der Waals surface area contributed by atoms with E-state index in [1.54, 1.807) is 24.1 Å². The molecule has 6 nitrogen and oxygen atoms in total. The van der Waals surface area contributed by atoms with Crippen LogP contribution in [-0.4, -0.2) is 25.5 Å². The molecule has 3 aromatic carbocycles. The Hall–Kier alpha value is -3.80. The fourth-order valence-electron chi connectivity index (χ4n) is 3.30. The molecule has 0 saturated heterocycles. The van der Waals surface area contributed by atoms with Gasteiger partial charge in [0.2, 0.25) is 0 Å². The second-order valence-corrected chi connectivity index (χ2v) is 6.96. The van der Waals surface area contributed by atoms with Gasteiger partial charge in [-0.05, 0) is 47.5 Å². The zero-order chi connectivity index (χ0) is 20.9. The van der Waals surface area contributed by atoms with Crippen LogP contribution in [0.1, 0.15) is 21.5 Å². The first-order valence-corrected chi connectivity index (χ1v) is 9.66. The molecule has 0 bridgehead atoms. The maximum Gasteiger partial charge on any atom is 0.265 e. The molecule has 0 spiro atoms. The Balaban J connectivity index is 1.39. The number of nitrogens with zero attached hydrogens (tertiary/aromatic N) is 1. The molecule has 3 aromatic rings. The van der Waals surface area contributed by atoms with Crippen molar-refractivity contribution in [1.29, 1.82) is 0 Å². The van der Waals surface area contributed by atoms with Gasteiger partial charge in [-0.25, -0.2) is 0 Å². The average Bonchev–Trinajstić information content (AvgIpc) is 2.80. The standard InChI is InChI=1S/C24H22N2O4/c1-29-20-12-8-17(9-13-20)14-25-24(28)19-10-6-18(7-11-19)15-26-21-4-2-3-5-22(21)30-16-23(26)27/h2-13H,14-16H2,1H3,(H,25,28). The van der Waals surface area contributed by atoms with Crippen molar-refractivity contribution in [1.82, 2.24) is 5.32 Å². The number of methoxy groups -OCH3 is 1. The van der Waals surface area contributed by atoms with Crippen molar-refractivity contribution in [3.8, 4) is 11.5 Å². The minimum absolute atomic E-state index is 0.0306. The zero-order valence-electron chi connectivity index (χ0n) is 16.6. The van der Waals surface area contributed by atoms with Gasteiger partial charge in [0.05, 0.1) is 19.3 Å². The first kappa shape index (κ1) is 19.5. The van der Waals surface area contributed by atoms with E-state index in [1.807, 2.05) is 60.7 Å². The highest BCUT2D eigenvalue weighted by Crippen LogP contribution is 2.32. The number of ether oxygens (including phenoxy) is 2. The Morgan fingerprint density at radius 1 is 1.00 bits per heavy atom. The Morgan fingerprint density at radius 3 is 2.43 bits per heavy atom. The van der Waals surface area contributed by atoms with Crippen LogP contribution in [0, 0.1) is 0 Å². The molecule has 0 aromatic heterocycles. The molecule has 4 rings (SSSR count). The third-order valence-electron chi connectivity index (χ3n) is 4.98. The van der Waals surface area contributed by atoms with Crippen LogP contribution in [0.4, 0.5) is 5.69 Å². The molecule has 0 unspecified atom stereocenters. The number of amides is 2. The van der Waals surface area contributed by atoms with Gasteiger partial charge in [-0.1, -0.05) is 36.4 Å². The van der Waals surface area contributed by atoms with Crippen LogP contribution in [0.2, 0.25) is 0 Å². The van der Waals surface area contributed by atoms with Gasteiger partial charge in [0, 0.05) is 12.1 Å². The van der Waals surface area contributed by atoms with Crippen LogP contribution in [0.5, 0.6) is 11.5 Å². The van der Waals surface area contributed by atoms with Crippen molar-refractivity contribution < 1.29 is 19.1 Å². The predicted molar refractivity (Wildman–Crippen MR) is 114 cm³/mol. The first-order valence-electron chi connectivity index (χ1n) is 9.66. The lowest BCUT2D eigenvalue weighted by molar-refractivity contribution is -0.121. The molecule has 2 amide bonds. The summed E-state index contributed by atoms with van der Waals surface area (Å²) in [6, 6.07) is 22.3. The summed E-state index contributed by atoms with van der Waals surface area (Å²) in [5.41, 5.74) is 3.26. The summed E-state index contributed by atoms with van der Waals surface area (Å²) >= 11 is 0. The van der Waals surface area contributed by atoms with Gasteiger partial charge in [0.15, 0.2) is 6.61 Å². The molecule has 1 N–H and O–H groups in total. The Kier molecular flexibility index (Phi) is 5.66. The number of fused-ring (bicyclic) bond motifs is 1. The van der Waals surface area contributed by atoms with E-state index in [2.05, 4.69) is 5.32 Å². The quantitative estimate of drug-likeness (QED) is 0.685. The Morgan fingerprint density at radius 2 is 1.70 bits per heavy atom. The number of hydrogen-bond acceptors (Lipinski definition) is 4. The molecule has 0 aliphatic carbocycles. The third kappa shape index (κ3) is 4.27. The maximum absolute atomic E-state index is 12.4. The molecular formula is C24H22N2O4. The van der Waals surface area contributed by atoms with Crippen molar-refractivity contribution in [3.63, 3.8) is 0 Å². The number of nitrogens with one attached hydrogen (secondary N) is 1. The van der Waals surface area contributed by atoms with E-state index in [9.17, 15) is 9.59 Å². The summed E-state index contributed by atoms with van der Waals surface area (Å²) in [5.74, 6) is 1.24. The molecule has 0 fully saturated rings. The lowest BCUT2D eigenvalue weighted by Gasteiger charge is -2.29. The summed E-state index contributed by atoms with van der Waals surface area (Å²) in [6.07, 6.45) is 0. The topological polar surface area (TPSA) is 67.9 Å². The number of carbonyl (C=O) groups is 2. The van der Waals surface area contributed by atoms with Gasteiger partial charge in [0.25, 0.3) is 11.8 Å². The van der Waals surface area contributed by atoms with E-state index in [1.165, 1.54) is 0 Å². The number of para-hydroxylation sites is 2. The predicted octanol–water partition coefficient (Wildman–Crippen LogP) is 3.55. The normalized spacial score (nSPS) is 12.7. The first-order chi connectivity index (χ1) is 14.6. The van der Waals surface area contributed by atoms with Gasteiger partial charge in [0.1, 0.15) is 11.5 Å². The fraction of sp³-hybridized carbons (Fsp3) is 0.167. The van der Waals surface area contributed by atoms with E-state index in [0.29, 0.717) is 24.4 Å². The molecule has 152 valence electrons. The number of rotatable bonds is 6. The van der Waals surface area contributed by atoms with Crippen molar-refractivity contribution >= 4 is 17.5 Å². The Labute approximate surface area is 175 Å². The number of carbonyl (C=O) groups excluding carboxylic acids is 2. The highest BCUT2D eigenvalue weighted by molar-refractivity contribution is 5.98. The smallest absolute Gasteiger partial charge is 0.265 e. The molecular weight excluding hydrogens is 380 g/mol. The van der Waals surface area contributed by atoms with Crippen LogP contribution in [0.15, 0.2) is 72.8 Å². The van der Waals surface area contributed by atoms with E-state index >= 15 is 0 Å². The zero-order valence-corrected chi connectivity index (χ0v) is 16.6. The molecule has 30 heavy (non-hydrogen) atoms. The van der Waals surface area contributed by atoms with E-state index < -0.39 is 0 Å². The minimum Gasteiger partial charge on any atom is -0.497 e. The maximum atomic E-state index is 12.4. The van der Waals surface area contributed by atoms with E-state index in [-0.39, 0.29) is 18.4 Å². The minimum atomic E-state index is -0.148. The molecule has 0 atom stereocenters. The second kappa shape index (κ2) is 8.69. The van der Waals surface area contributed by atoms with E-state index in [4.69, 9.17) is 9.47 Å². The number of anilines is 1. The van der Waals surface area contributed by atoms with Gasteiger partial charge < -0.3 is 19.7 Å². The van der Waals surface area contributed by atoms with Crippen LogP contribution in [-0.2, 0) is 17.9 Å². The highest BCUT2D eigenvalue weighted by Gasteiger charge is 2.25. The summed E-state index contributed by atoms with van der Waals surface area (Å²) in [4.78, 5) is 26.5. The second-order valence-electron chi connectivity index (χ2n) is 6.96. The molecule has 1 aliphatic rings. The lowest BCUT2D eigenvalue weighted by Crippen LogP contribution is -2.38. The number of hydrogen-bond donors (Lipinski definition) is 1. The molecule has 6 heteroatoms. The largest absolute Gasteiger partial charge is 0.497 e. The van der Waals surface area contributed by atoms with E-state index in [0.717, 1.165) is 22.6 Å². The number of benzene rings is 3. The summed E-state index contributed by atoms with van der Waals surface area (Å²) in [7, 11) is 1.62. The van der Waals surface area contributed by atoms with Gasteiger partial charge in [-0.2, -0.15) is 0 Å². The SMILES string of the molecule is COc1ccc(CNC(=O)c2ccc(CN3C(=O)COc4ccccc43)cc2)cc1. The average molecular weight is 402 g/mol. The Bertz CT molecular complexity index is 1050. The van der Waals surface area contributed by atoms with Crippen molar-refractivity contribution in [2.24, 2.45) is 0 Å². The van der Waals surface area contributed by atoms with Crippen LogP contribution >= 0.6 is 0 Å². The molecule has 1 aliphatic heterocycles. The highest BCUT2D eigenvalue weighted by atomic mass is 16.5. The lowest BCUT2D eigenvalue weighted by atomic mass is 10.1. The van der Waals surface area contributed by atoms with Crippen molar-refractivity contribution in [2.75, 3.05) is 18.6 Å². The monoisotopic (exact) mass is 402 g/mol. The van der Waals surface area contributed by atoms with Crippen molar-refractivity contribution in [3.05, 3.63) is 89.5 Å². The fourth-order valence-corrected chi connectivity index (χ4v) is 3.30. The van der Waals surface area contributed by atoms with Crippen LogP contribution < -0.4 is 19.7 Å². The molecule has 0 radical (unpaired) electrons. The summed E-state index contributed by atoms with van der Waals surface area (Å²) in [6.45, 7) is 0.888. The summed E-state index contributed by atoms with van der Waals surface area (Å²) < 4.78 is 10.6. The van der Waals surface area contributed by atoms with Crippen LogP contribution in [0.25, 0.3) is 0 Å². The summed E-state index contributed by atoms with van der Waals surface area (Å²) in [5, 5.41) is 2.91. The van der Waals surface area contributed by atoms with Gasteiger partial charge in [-0.3, -0.25) is 9.59 Å². The van der Waals surface area contributed by atoms with Gasteiger partial charge >= 0.3 is 0 Å². The van der Waals surface area contributed by atoms with Crippen molar-refractivity contribution in [2.45, 2.75) is 13.1 Å². The third-order valence-corrected chi connectivity index (χ3v) is 4.98. The molecule has 0 saturated carbocycles. The van der Waals surface area contributed by atoms with Crippen LogP contribution in [0.3, 0.4) is 0 Å².